The van der Waals surface area contributed by atoms with E-state index >= 15 is 0 Å². The van der Waals surface area contributed by atoms with Gasteiger partial charge in [-0.05, 0) is 6.92 Å². The second-order valence-electron chi connectivity index (χ2n) is 4.97. The molecule has 10 heteroatoms. The van der Waals surface area contributed by atoms with Crippen LogP contribution in [0.1, 0.15) is 18.7 Å². The summed E-state index contributed by atoms with van der Waals surface area (Å²) in [4.78, 5) is 8.28. The fraction of sp³-hybridized carbons (Fsp3) is 0.583. The van der Waals surface area contributed by atoms with Crippen molar-refractivity contribution < 1.29 is 19.7 Å². The molecule has 1 saturated heterocycles. The van der Waals surface area contributed by atoms with Crippen molar-refractivity contribution in [2.75, 3.05) is 18.9 Å². The molecule has 1 aliphatic rings. The molecule has 9 nitrogen and oxygen atoms in total. The molecule has 2 aromatic rings. The molecule has 5 atom stereocenters. The Kier molecular flexibility index (Phi) is 4.14. The molecule has 120 valence electrons. The van der Waals surface area contributed by atoms with Gasteiger partial charge in [-0.1, -0.05) is 0 Å². The lowest BCUT2D eigenvalue weighted by Gasteiger charge is -2.14. The molecule has 0 aromatic carbocycles. The Morgan fingerprint density at radius 2 is 2.32 bits per heavy atom. The number of imidazole rings is 1. The Hall–Kier alpha value is -1.54. The third-order valence-electron chi connectivity index (χ3n) is 3.57. The molecule has 1 unspecified atom stereocenters. The average Bonchev–Trinajstić information content (AvgIpc) is 3.02. The van der Waals surface area contributed by atoms with Crippen LogP contribution in [0.15, 0.2) is 6.20 Å². The Morgan fingerprint density at radius 3 is 2.95 bits per heavy atom. The van der Waals surface area contributed by atoms with Gasteiger partial charge in [-0.3, -0.25) is 0 Å². The summed E-state index contributed by atoms with van der Waals surface area (Å²) in [5.74, 6) is 0.339. The van der Waals surface area contributed by atoms with Gasteiger partial charge in [0.25, 0.3) is 5.88 Å². The first kappa shape index (κ1) is 15.4. The van der Waals surface area contributed by atoms with E-state index in [0.29, 0.717) is 23.8 Å². The molecular formula is C12H18N5O4P. The molecule has 0 amide bonds. The first-order chi connectivity index (χ1) is 10.6. The van der Waals surface area contributed by atoms with Crippen LogP contribution in [0.4, 0.5) is 5.95 Å². The van der Waals surface area contributed by atoms with Crippen molar-refractivity contribution >= 4 is 20.8 Å². The molecular weight excluding hydrogens is 309 g/mol. The van der Waals surface area contributed by atoms with Gasteiger partial charge in [-0.2, -0.15) is 4.98 Å². The SMILES string of the molecule is CCOc1nc(N)nn2c([C@@H]3O[C@H](CO)[C@@H](O)[C@H]3P)cnc12. The second-order valence-corrected chi connectivity index (χ2v) is 5.74. The molecule has 2 aromatic heterocycles. The zero-order valence-electron chi connectivity index (χ0n) is 12.0. The van der Waals surface area contributed by atoms with Gasteiger partial charge in [-0.25, -0.2) is 9.50 Å². The van der Waals surface area contributed by atoms with Gasteiger partial charge >= 0.3 is 0 Å². The maximum atomic E-state index is 10.1. The summed E-state index contributed by atoms with van der Waals surface area (Å²) in [6, 6.07) is 0. The lowest BCUT2D eigenvalue weighted by molar-refractivity contribution is -0.0240. The number of hydrogen-bond acceptors (Lipinski definition) is 8. The highest BCUT2D eigenvalue weighted by Gasteiger charge is 2.43. The minimum atomic E-state index is -0.795. The Bertz CT molecular complexity index is 681. The molecule has 0 bridgehead atoms. The van der Waals surface area contributed by atoms with E-state index in [-0.39, 0.29) is 18.2 Å². The second kappa shape index (κ2) is 5.92. The van der Waals surface area contributed by atoms with Crippen molar-refractivity contribution in [1.82, 2.24) is 19.6 Å². The fourth-order valence-corrected chi connectivity index (χ4v) is 3.06. The topological polar surface area (TPSA) is 128 Å². The Morgan fingerprint density at radius 1 is 1.55 bits per heavy atom. The molecule has 0 aliphatic carbocycles. The highest BCUT2D eigenvalue weighted by atomic mass is 31.0. The number of aliphatic hydroxyl groups is 2. The first-order valence-corrected chi connectivity index (χ1v) is 7.57. The van der Waals surface area contributed by atoms with Crippen LogP contribution in [-0.2, 0) is 4.74 Å². The predicted octanol–water partition coefficient (Wildman–Crippen LogP) is -0.858. The number of nitrogens with zero attached hydrogens (tertiary/aromatic N) is 4. The monoisotopic (exact) mass is 327 g/mol. The van der Waals surface area contributed by atoms with Crippen molar-refractivity contribution in [2.45, 2.75) is 30.9 Å². The maximum Gasteiger partial charge on any atom is 0.263 e. The number of nitrogen functional groups attached to an aromatic ring is 1. The quantitative estimate of drug-likeness (QED) is 0.619. The maximum absolute atomic E-state index is 10.1. The largest absolute Gasteiger partial charge is 0.475 e. The number of fused-ring (bicyclic) bond motifs is 1. The highest BCUT2D eigenvalue weighted by molar-refractivity contribution is 7.17. The molecule has 0 saturated carbocycles. The van der Waals surface area contributed by atoms with E-state index < -0.39 is 18.3 Å². The van der Waals surface area contributed by atoms with E-state index in [2.05, 4.69) is 24.3 Å². The van der Waals surface area contributed by atoms with Crippen LogP contribution in [0.2, 0.25) is 0 Å². The zero-order chi connectivity index (χ0) is 15.9. The fourth-order valence-electron chi connectivity index (χ4n) is 2.52. The molecule has 0 radical (unpaired) electrons. The smallest absolute Gasteiger partial charge is 0.263 e. The van der Waals surface area contributed by atoms with Crippen molar-refractivity contribution in [2.24, 2.45) is 0 Å². The van der Waals surface area contributed by atoms with Gasteiger partial charge in [0, 0.05) is 5.66 Å². The van der Waals surface area contributed by atoms with E-state index in [1.807, 2.05) is 6.92 Å². The number of hydrogen-bond donors (Lipinski definition) is 3. The number of aliphatic hydroxyl groups excluding tert-OH is 2. The van der Waals surface area contributed by atoms with E-state index in [1.54, 1.807) is 6.20 Å². The predicted molar refractivity (Wildman–Crippen MR) is 80.6 cm³/mol. The number of anilines is 1. The first-order valence-electron chi connectivity index (χ1n) is 6.90. The van der Waals surface area contributed by atoms with Crippen LogP contribution in [0.3, 0.4) is 0 Å². The lowest BCUT2D eigenvalue weighted by Crippen LogP contribution is -2.29. The average molecular weight is 327 g/mol. The standard InChI is InChI=1S/C12H18N5O4P/c1-2-20-11-10-14-3-5(17(10)16-12(13)15-11)8-9(22)7(19)6(4-18)21-8/h3,6-9,18-19H,2,4,22H2,1H3,(H2,13,16)/t6-,7-,8+,9-/m1/s1. The third-order valence-corrected chi connectivity index (χ3v) is 4.32. The summed E-state index contributed by atoms with van der Waals surface area (Å²) in [6.07, 6.45) is -0.351. The van der Waals surface area contributed by atoms with Crippen LogP contribution in [0.5, 0.6) is 5.88 Å². The van der Waals surface area contributed by atoms with Gasteiger partial charge < -0.3 is 25.4 Å². The summed E-state index contributed by atoms with van der Waals surface area (Å²) in [5, 5.41) is 23.5. The van der Waals surface area contributed by atoms with Crippen molar-refractivity contribution in [1.29, 1.82) is 0 Å². The van der Waals surface area contributed by atoms with E-state index in [4.69, 9.17) is 15.2 Å². The van der Waals surface area contributed by atoms with Gasteiger partial charge in [0.2, 0.25) is 11.6 Å². The highest BCUT2D eigenvalue weighted by Crippen LogP contribution is 2.38. The minimum absolute atomic E-state index is 0.0489. The Labute approximate surface area is 128 Å². The van der Waals surface area contributed by atoms with Crippen molar-refractivity contribution in [3.8, 4) is 5.88 Å². The van der Waals surface area contributed by atoms with E-state index in [0.717, 1.165) is 0 Å². The normalized spacial score (nSPS) is 28.4. The molecule has 1 aliphatic heterocycles. The summed E-state index contributed by atoms with van der Waals surface area (Å²) < 4.78 is 12.6. The van der Waals surface area contributed by atoms with Gasteiger partial charge in [0.1, 0.15) is 12.2 Å². The number of rotatable bonds is 4. The van der Waals surface area contributed by atoms with Crippen molar-refractivity contribution in [3.63, 3.8) is 0 Å². The molecule has 0 spiro atoms. The summed E-state index contributed by atoms with van der Waals surface area (Å²) in [7, 11) is 2.53. The van der Waals surface area contributed by atoms with Crippen LogP contribution >= 0.6 is 9.24 Å². The number of aromatic nitrogens is 4. The molecule has 4 N–H and O–H groups in total. The van der Waals surface area contributed by atoms with Crippen LogP contribution in [0.25, 0.3) is 5.65 Å². The van der Waals surface area contributed by atoms with Crippen molar-refractivity contribution in [3.05, 3.63) is 11.9 Å². The van der Waals surface area contributed by atoms with Gasteiger partial charge in [-0.15, -0.1) is 14.3 Å². The van der Waals surface area contributed by atoms with Crippen LogP contribution in [0, 0.1) is 0 Å². The van der Waals surface area contributed by atoms with Gasteiger partial charge in [0.05, 0.1) is 31.2 Å². The molecule has 3 heterocycles. The van der Waals surface area contributed by atoms with Crippen LogP contribution < -0.4 is 10.5 Å². The number of nitrogens with two attached hydrogens (primary N) is 1. The summed E-state index contributed by atoms with van der Waals surface area (Å²) >= 11 is 0. The molecule has 22 heavy (non-hydrogen) atoms. The number of ether oxygens (including phenoxy) is 2. The van der Waals surface area contributed by atoms with E-state index in [9.17, 15) is 10.2 Å². The summed E-state index contributed by atoms with van der Waals surface area (Å²) in [5.41, 5.74) is 6.44. The van der Waals surface area contributed by atoms with Gasteiger partial charge in [0.15, 0.2) is 0 Å². The Balaban J connectivity index is 2.05. The lowest BCUT2D eigenvalue weighted by atomic mass is 10.1. The zero-order valence-corrected chi connectivity index (χ0v) is 13.1. The minimum Gasteiger partial charge on any atom is -0.475 e. The van der Waals surface area contributed by atoms with E-state index in [1.165, 1.54) is 4.52 Å². The summed E-state index contributed by atoms with van der Waals surface area (Å²) in [6.45, 7) is 1.99. The molecule has 3 rings (SSSR count). The third kappa shape index (κ3) is 2.40. The van der Waals surface area contributed by atoms with Crippen LogP contribution in [-0.4, -0.2) is 60.9 Å². The molecule has 1 fully saturated rings.